The number of carbonyl (C=O) groups excluding carboxylic acids is 1. The maximum atomic E-state index is 12.3. The summed E-state index contributed by atoms with van der Waals surface area (Å²) in [6.07, 6.45) is 1.73. The van der Waals surface area contributed by atoms with E-state index in [2.05, 4.69) is 27.7 Å². The minimum absolute atomic E-state index is 0.151. The third-order valence-corrected chi connectivity index (χ3v) is 4.64. The van der Waals surface area contributed by atoms with E-state index in [1.807, 2.05) is 24.4 Å². The number of thiophene rings is 1. The normalized spacial score (nSPS) is 10.6. The predicted octanol–water partition coefficient (Wildman–Crippen LogP) is 4.14. The van der Waals surface area contributed by atoms with Gasteiger partial charge < -0.3 is 5.32 Å². The molecule has 0 bridgehead atoms. The molecule has 3 rings (SSSR count). The quantitative estimate of drug-likeness (QED) is 0.790. The molecule has 0 atom stereocenters. The van der Waals surface area contributed by atoms with Crippen molar-refractivity contribution < 1.29 is 4.79 Å². The summed E-state index contributed by atoms with van der Waals surface area (Å²) in [6.45, 7) is 3.88. The van der Waals surface area contributed by atoms with Crippen LogP contribution in [0.4, 0.5) is 5.69 Å². The Balaban J connectivity index is 1.93. The minimum atomic E-state index is -0.151. The fourth-order valence-corrected chi connectivity index (χ4v) is 3.38. The third kappa shape index (κ3) is 2.86. The van der Waals surface area contributed by atoms with Crippen molar-refractivity contribution in [2.24, 2.45) is 0 Å². The zero-order valence-electron chi connectivity index (χ0n) is 11.6. The number of hydrogen-bond acceptors (Lipinski definition) is 5. The number of pyridine rings is 1. The first-order valence-electron chi connectivity index (χ1n) is 6.38. The molecule has 1 amide bonds. The molecule has 4 nitrogen and oxygen atoms in total. The molecular formula is C15H13N3OS2. The molecule has 21 heavy (non-hydrogen) atoms. The van der Waals surface area contributed by atoms with Gasteiger partial charge >= 0.3 is 0 Å². The lowest BCUT2D eigenvalue weighted by Crippen LogP contribution is -2.13. The van der Waals surface area contributed by atoms with Gasteiger partial charge in [-0.05, 0) is 43.6 Å². The topological polar surface area (TPSA) is 54.9 Å². The number of carbonyl (C=O) groups is 1. The fraction of sp³-hybridized carbons (Fsp3) is 0.133. The number of amides is 1. The van der Waals surface area contributed by atoms with Gasteiger partial charge in [-0.3, -0.25) is 9.78 Å². The molecule has 0 aliphatic heterocycles. The van der Waals surface area contributed by atoms with Gasteiger partial charge in [-0.2, -0.15) is 4.37 Å². The molecule has 1 N–H and O–H groups in total. The molecular weight excluding hydrogens is 302 g/mol. The Morgan fingerprint density at radius 2 is 2.14 bits per heavy atom. The fourth-order valence-electron chi connectivity index (χ4n) is 2.00. The molecule has 6 heteroatoms. The largest absolute Gasteiger partial charge is 0.320 e. The monoisotopic (exact) mass is 315 g/mol. The highest BCUT2D eigenvalue weighted by Gasteiger charge is 2.14. The van der Waals surface area contributed by atoms with Gasteiger partial charge in [0.25, 0.3) is 5.91 Å². The Morgan fingerprint density at radius 3 is 2.81 bits per heavy atom. The van der Waals surface area contributed by atoms with Crippen molar-refractivity contribution in [3.05, 3.63) is 51.3 Å². The molecule has 3 aromatic rings. The number of hydrogen-bond donors (Lipinski definition) is 1. The van der Waals surface area contributed by atoms with Crippen LogP contribution in [0.2, 0.25) is 0 Å². The molecule has 0 aliphatic carbocycles. The van der Waals surface area contributed by atoms with E-state index >= 15 is 0 Å². The number of anilines is 1. The molecule has 0 aromatic carbocycles. The van der Waals surface area contributed by atoms with Crippen LogP contribution in [0.25, 0.3) is 11.3 Å². The zero-order valence-corrected chi connectivity index (χ0v) is 13.2. The van der Waals surface area contributed by atoms with Crippen LogP contribution in [0.1, 0.15) is 20.9 Å². The first-order valence-corrected chi connectivity index (χ1v) is 8.09. The molecule has 0 spiro atoms. The smallest absolute Gasteiger partial charge is 0.258 e. The molecule has 3 aromatic heterocycles. The molecule has 0 saturated carbocycles. The van der Waals surface area contributed by atoms with E-state index in [0.717, 1.165) is 17.0 Å². The minimum Gasteiger partial charge on any atom is -0.320 e. The van der Waals surface area contributed by atoms with Crippen molar-refractivity contribution in [3.63, 3.8) is 0 Å². The Morgan fingerprint density at radius 1 is 1.29 bits per heavy atom. The molecule has 0 radical (unpaired) electrons. The lowest BCUT2D eigenvalue weighted by molar-refractivity contribution is 0.102. The van der Waals surface area contributed by atoms with Crippen LogP contribution in [0.3, 0.4) is 0 Å². The van der Waals surface area contributed by atoms with Crippen LogP contribution in [-0.4, -0.2) is 15.3 Å². The summed E-state index contributed by atoms with van der Waals surface area (Å²) < 4.78 is 4.13. The van der Waals surface area contributed by atoms with Crippen LogP contribution >= 0.6 is 22.9 Å². The van der Waals surface area contributed by atoms with Crippen molar-refractivity contribution in [2.75, 3.05) is 5.32 Å². The summed E-state index contributed by atoms with van der Waals surface area (Å²) in [4.78, 5) is 17.9. The lowest BCUT2D eigenvalue weighted by Gasteiger charge is -2.08. The van der Waals surface area contributed by atoms with Gasteiger partial charge in [0.15, 0.2) is 0 Å². The average Bonchev–Trinajstić information content (AvgIpc) is 3.08. The summed E-state index contributed by atoms with van der Waals surface area (Å²) >= 11 is 2.95. The molecule has 0 aliphatic rings. The highest BCUT2D eigenvalue weighted by molar-refractivity contribution is 7.10. The lowest BCUT2D eigenvalue weighted by atomic mass is 10.1. The van der Waals surface area contributed by atoms with Crippen molar-refractivity contribution in [3.8, 4) is 11.3 Å². The number of aromatic nitrogens is 2. The first-order chi connectivity index (χ1) is 10.1. The Kier molecular flexibility index (Phi) is 3.81. The van der Waals surface area contributed by atoms with E-state index in [1.165, 1.54) is 16.4 Å². The summed E-state index contributed by atoms with van der Waals surface area (Å²) in [6, 6.07) is 5.75. The molecule has 106 valence electrons. The third-order valence-electron chi connectivity index (χ3n) is 3.05. The second kappa shape index (κ2) is 5.75. The van der Waals surface area contributed by atoms with Gasteiger partial charge in [0.2, 0.25) is 0 Å². The van der Waals surface area contributed by atoms with Crippen molar-refractivity contribution in [1.29, 1.82) is 0 Å². The van der Waals surface area contributed by atoms with E-state index in [4.69, 9.17) is 0 Å². The van der Waals surface area contributed by atoms with Crippen molar-refractivity contribution in [2.45, 2.75) is 13.8 Å². The van der Waals surface area contributed by atoms with Crippen LogP contribution in [-0.2, 0) is 0 Å². The highest BCUT2D eigenvalue weighted by Crippen LogP contribution is 2.29. The first kappa shape index (κ1) is 13.9. The van der Waals surface area contributed by atoms with E-state index in [0.29, 0.717) is 11.3 Å². The maximum absolute atomic E-state index is 12.3. The second-order valence-corrected chi connectivity index (χ2v) is 6.36. The molecule has 0 fully saturated rings. The number of aryl methyl sites for hydroxylation is 2. The summed E-state index contributed by atoms with van der Waals surface area (Å²) in [5.74, 6) is -0.151. The second-order valence-electron chi connectivity index (χ2n) is 4.61. The SMILES string of the molecule is Cc1cc(-c2ncccc2NC(=O)c2csnc2C)cs1. The van der Waals surface area contributed by atoms with Crippen LogP contribution in [0, 0.1) is 13.8 Å². The van der Waals surface area contributed by atoms with E-state index in [-0.39, 0.29) is 5.91 Å². The van der Waals surface area contributed by atoms with Gasteiger partial charge in [-0.15, -0.1) is 11.3 Å². The van der Waals surface area contributed by atoms with Crippen molar-refractivity contribution in [1.82, 2.24) is 9.36 Å². The van der Waals surface area contributed by atoms with E-state index in [9.17, 15) is 4.79 Å². The van der Waals surface area contributed by atoms with Crippen molar-refractivity contribution >= 4 is 34.5 Å². The summed E-state index contributed by atoms with van der Waals surface area (Å²) in [5, 5.41) is 6.74. The number of nitrogens with one attached hydrogen (secondary N) is 1. The number of rotatable bonds is 3. The summed E-state index contributed by atoms with van der Waals surface area (Å²) in [7, 11) is 0. The van der Waals surface area contributed by atoms with Crippen LogP contribution < -0.4 is 5.32 Å². The Hall–Kier alpha value is -2.05. The molecule has 0 unspecified atom stereocenters. The van der Waals surface area contributed by atoms with Crippen LogP contribution in [0.5, 0.6) is 0 Å². The highest BCUT2D eigenvalue weighted by atomic mass is 32.1. The van der Waals surface area contributed by atoms with Gasteiger partial charge in [0.05, 0.1) is 22.6 Å². The average molecular weight is 315 g/mol. The van der Waals surface area contributed by atoms with Crippen LogP contribution in [0.15, 0.2) is 35.2 Å². The summed E-state index contributed by atoms with van der Waals surface area (Å²) in [5.41, 5.74) is 3.88. The van der Waals surface area contributed by atoms with E-state index < -0.39 is 0 Å². The standard InChI is InChI=1S/C15H13N3OS2/c1-9-6-11(7-20-9)14-13(4-3-5-16-14)17-15(19)12-8-21-18-10(12)2/h3-8H,1-2H3,(H,17,19). The van der Waals surface area contributed by atoms with Gasteiger partial charge in [0, 0.05) is 27.4 Å². The van der Waals surface area contributed by atoms with Gasteiger partial charge in [-0.25, -0.2) is 0 Å². The molecule has 3 heterocycles. The molecule has 0 saturated heterocycles. The van der Waals surface area contributed by atoms with Gasteiger partial charge in [-0.1, -0.05) is 0 Å². The van der Waals surface area contributed by atoms with E-state index in [1.54, 1.807) is 22.9 Å². The van der Waals surface area contributed by atoms with Gasteiger partial charge in [0.1, 0.15) is 0 Å². The number of nitrogens with zero attached hydrogens (tertiary/aromatic N) is 2. The predicted molar refractivity (Wildman–Crippen MR) is 87.1 cm³/mol. The maximum Gasteiger partial charge on any atom is 0.258 e. The Bertz CT molecular complexity index is 792. The Labute approximate surface area is 130 Å². The zero-order chi connectivity index (χ0) is 14.8.